The first-order valence-corrected chi connectivity index (χ1v) is 7.62. The van der Waals surface area contributed by atoms with Crippen molar-refractivity contribution in [2.45, 2.75) is 38.3 Å². The van der Waals surface area contributed by atoms with Gasteiger partial charge >= 0.3 is 6.03 Å². The van der Waals surface area contributed by atoms with Crippen molar-refractivity contribution in [3.05, 3.63) is 24.2 Å². The molecule has 2 fully saturated rings. The van der Waals surface area contributed by atoms with E-state index in [2.05, 4.69) is 5.32 Å². The number of carbonyl (C=O) groups is 2. The van der Waals surface area contributed by atoms with Crippen LogP contribution < -0.4 is 5.32 Å². The number of carbonyl (C=O) groups excluding carboxylic acids is 2. The van der Waals surface area contributed by atoms with E-state index < -0.39 is 0 Å². The number of halogens is 1. The minimum Gasteiger partial charge on any atom is -0.468 e. The second-order valence-electron chi connectivity index (χ2n) is 5.59. The molecule has 3 heterocycles. The molecule has 0 spiro atoms. The summed E-state index contributed by atoms with van der Waals surface area (Å²) in [5.41, 5.74) is 0. The second kappa shape index (κ2) is 7.65. The smallest absolute Gasteiger partial charge is 0.327 e. The van der Waals surface area contributed by atoms with E-state index in [1.807, 2.05) is 12.1 Å². The van der Waals surface area contributed by atoms with Crippen molar-refractivity contribution in [1.29, 1.82) is 0 Å². The average Bonchev–Trinajstić information content (AvgIpc) is 3.19. The van der Waals surface area contributed by atoms with Crippen LogP contribution in [-0.2, 0) is 11.3 Å². The SMILES string of the molecule is Cl.O=C1C2CCCN2C(=O)N1CCCCNCc1ccco1. The van der Waals surface area contributed by atoms with Gasteiger partial charge in [-0.2, -0.15) is 0 Å². The zero-order valence-corrected chi connectivity index (χ0v) is 13.3. The van der Waals surface area contributed by atoms with E-state index in [0.29, 0.717) is 13.1 Å². The molecule has 2 saturated heterocycles. The minimum atomic E-state index is -0.172. The van der Waals surface area contributed by atoms with Crippen LogP contribution in [0.15, 0.2) is 22.8 Å². The minimum absolute atomic E-state index is 0. The highest BCUT2D eigenvalue weighted by Crippen LogP contribution is 2.27. The van der Waals surface area contributed by atoms with Crippen LogP contribution in [0.2, 0.25) is 0 Å². The third-order valence-corrected chi connectivity index (χ3v) is 4.15. The van der Waals surface area contributed by atoms with Crippen LogP contribution >= 0.6 is 12.4 Å². The standard InChI is InChI=1S/C15H21N3O3.ClH/c19-14-13-6-3-9-17(13)15(20)18(14)8-2-1-7-16-11-12-5-4-10-21-12;/h4-5,10,13,16H,1-3,6-9,11H2;1H. The number of furan rings is 1. The Hall–Kier alpha value is -1.53. The second-order valence-corrected chi connectivity index (χ2v) is 5.59. The Balaban J connectivity index is 0.00000176. The Morgan fingerprint density at radius 2 is 2.18 bits per heavy atom. The van der Waals surface area contributed by atoms with Gasteiger partial charge in [0.05, 0.1) is 12.8 Å². The van der Waals surface area contributed by atoms with E-state index in [-0.39, 0.29) is 30.4 Å². The maximum absolute atomic E-state index is 12.1. The van der Waals surface area contributed by atoms with Gasteiger partial charge in [-0.1, -0.05) is 0 Å². The predicted molar refractivity (Wildman–Crippen MR) is 83.7 cm³/mol. The Bertz CT molecular complexity index is 484. The molecule has 1 atom stereocenters. The number of imide groups is 1. The summed E-state index contributed by atoms with van der Waals surface area (Å²) in [6, 6.07) is 3.54. The van der Waals surface area contributed by atoms with Crippen molar-refractivity contribution in [1.82, 2.24) is 15.1 Å². The van der Waals surface area contributed by atoms with Gasteiger partial charge in [-0.05, 0) is 44.4 Å². The maximum atomic E-state index is 12.1. The van der Waals surface area contributed by atoms with E-state index in [0.717, 1.165) is 44.5 Å². The summed E-state index contributed by atoms with van der Waals surface area (Å²) in [5, 5.41) is 3.28. The number of nitrogens with one attached hydrogen (secondary N) is 1. The number of fused-ring (bicyclic) bond motifs is 1. The van der Waals surface area contributed by atoms with Crippen LogP contribution in [0, 0.1) is 0 Å². The zero-order valence-electron chi connectivity index (χ0n) is 12.5. The number of nitrogens with zero attached hydrogens (tertiary/aromatic N) is 2. The zero-order chi connectivity index (χ0) is 14.7. The average molecular weight is 328 g/mol. The van der Waals surface area contributed by atoms with Crippen LogP contribution in [0.4, 0.5) is 4.79 Å². The summed E-state index contributed by atoms with van der Waals surface area (Å²) < 4.78 is 5.23. The molecule has 1 aromatic rings. The first-order valence-electron chi connectivity index (χ1n) is 7.62. The molecule has 2 aliphatic heterocycles. The summed E-state index contributed by atoms with van der Waals surface area (Å²) >= 11 is 0. The van der Waals surface area contributed by atoms with E-state index in [9.17, 15) is 9.59 Å². The van der Waals surface area contributed by atoms with Gasteiger partial charge in [0.2, 0.25) is 0 Å². The highest BCUT2D eigenvalue weighted by atomic mass is 35.5. The molecule has 0 aromatic carbocycles. The third-order valence-electron chi connectivity index (χ3n) is 4.15. The van der Waals surface area contributed by atoms with Gasteiger partial charge in [-0.25, -0.2) is 4.79 Å². The van der Waals surface area contributed by atoms with Crippen LogP contribution in [0.5, 0.6) is 0 Å². The number of hydrogen-bond donors (Lipinski definition) is 1. The molecule has 0 saturated carbocycles. The van der Waals surface area contributed by atoms with Crippen LogP contribution in [0.3, 0.4) is 0 Å². The Morgan fingerprint density at radius 1 is 1.32 bits per heavy atom. The Morgan fingerprint density at radius 3 is 2.91 bits per heavy atom. The molecule has 22 heavy (non-hydrogen) atoms. The first-order chi connectivity index (χ1) is 10.3. The molecule has 1 N–H and O–H groups in total. The topological polar surface area (TPSA) is 65.8 Å². The summed E-state index contributed by atoms with van der Waals surface area (Å²) in [4.78, 5) is 27.3. The lowest BCUT2D eigenvalue weighted by atomic mass is 10.2. The predicted octanol–water partition coefficient (Wildman–Crippen LogP) is 2.00. The number of unbranched alkanes of at least 4 members (excludes halogenated alkanes) is 1. The summed E-state index contributed by atoms with van der Waals surface area (Å²) in [5.74, 6) is 0.918. The fourth-order valence-electron chi connectivity index (χ4n) is 3.03. The van der Waals surface area contributed by atoms with Gasteiger partial charge in [0.15, 0.2) is 0 Å². The van der Waals surface area contributed by atoms with Gasteiger partial charge in [-0.3, -0.25) is 9.69 Å². The summed E-state index contributed by atoms with van der Waals surface area (Å²) in [6.07, 6.45) is 5.21. The molecular formula is C15H22ClN3O3. The molecule has 7 heteroatoms. The normalized spacial score (nSPS) is 20.5. The van der Waals surface area contributed by atoms with Crippen molar-refractivity contribution in [2.24, 2.45) is 0 Å². The molecule has 1 unspecified atom stereocenters. The molecule has 3 amide bonds. The molecule has 6 nitrogen and oxygen atoms in total. The largest absolute Gasteiger partial charge is 0.468 e. The lowest BCUT2D eigenvalue weighted by molar-refractivity contribution is -0.128. The molecule has 0 bridgehead atoms. The van der Waals surface area contributed by atoms with Crippen LogP contribution in [-0.4, -0.2) is 47.4 Å². The summed E-state index contributed by atoms with van der Waals surface area (Å²) in [6.45, 7) is 2.83. The van der Waals surface area contributed by atoms with Gasteiger partial charge in [-0.15, -0.1) is 12.4 Å². The quantitative estimate of drug-likeness (QED) is 0.614. The first kappa shape index (κ1) is 16.8. The van der Waals surface area contributed by atoms with E-state index in [4.69, 9.17) is 4.42 Å². The molecule has 122 valence electrons. The highest BCUT2D eigenvalue weighted by molar-refractivity contribution is 6.04. The number of amides is 3. The molecule has 1 aromatic heterocycles. The Labute approximate surface area is 136 Å². The van der Waals surface area contributed by atoms with Gasteiger partial charge in [0.25, 0.3) is 5.91 Å². The van der Waals surface area contributed by atoms with E-state index in [1.165, 1.54) is 4.90 Å². The van der Waals surface area contributed by atoms with E-state index >= 15 is 0 Å². The van der Waals surface area contributed by atoms with E-state index in [1.54, 1.807) is 11.2 Å². The fraction of sp³-hybridized carbons (Fsp3) is 0.600. The van der Waals surface area contributed by atoms with Gasteiger partial charge in [0.1, 0.15) is 11.8 Å². The van der Waals surface area contributed by atoms with Crippen molar-refractivity contribution < 1.29 is 14.0 Å². The molecule has 3 rings (SSSR count). The van der Waals surface area contributed by atoms with Crippen molar-refractivity contribution in [3.63, 3.8) is 0 Å². The summed E-state index contributed by atoms with van der Waals surface area (Å²) in [7, 11) is 0. The number of urea groups is 1. The van der Waals surface area contributed by atoms with Crippen molar-refractivity contribution >= 4 is 24.3 Å². The highest BCUT2D eigenvalue weighted by Gasteiger charge is 2.46. The number of rotatable bonds is 7. The monoisotopic (exact) mass is 327 g/mol. The lowest BCUT2D eigenvalue weighted by Crippen LogP contribution is -2.34. The van der Waals surface area contributed by atoms with Gasteiger partial charge < -0.3 is 14.6 Å². The molecule has 0 radical (unpaired) electrons. The number of hydrogen-bond acceptors (Lipinski definition) is 4. The van der Waals surface area contributed by atoms with Gasteiger partial charge in [0, 0.05) is 13.1 Å². The maximum Gasteiger partial charge on any atom is 0.327 e. The van der Waals surface area contributed by atoms with Crippen LogP contribution in [0.1, 0.15) is 31.4 Å². The fourth-order valence-corrected chi connectivity index (χ4v) is 3.03. The molecule has 2 aliphatic rings. The van der Waals surface area contributed by atoms with Crippen molar-refractivity contribution in [3.8, 4) is 0 Å². The molecule has 0 aliphatic carbocycles. The molecular weight excluding hydrogens is 306 g/mol. The van der Waals surface area contributed by atoms with Crippen molar-refractivity contribution in [2.75, 3.05) is 19.6 Å². The lowest BCUT2D eigenvalue weighted by Gasteiger charge is -2.15. The van der Waals surface area contributed by atoms with Crippen LogP contribution in [0.25, 0.3) is 0 Å². The third kappa shape index (κ3) is 3.44. The Kier molecular flexibility index (Phi) is 5.85.